The fourth-order valence-electron chi connectivity index (χ4n) is 1.31. The minimum atomic E-state index is 0.516. The van der Waals surface area contributed by atoms with Crippen molar-refractivity contribution in [3.63, 3.8) is 0 Å². The molecule has 0 N–H and O–H groups in total. The van der Waals surface area contributed by atoms with Crippen molar-refractivity contribution in [2.75, 3.05) is 0 Å². The van der Waals surface area contributed by atoms with Gasteiger partial charge in [0.1, 0.15) is 0 Å². The normalized spacial score (nSPS) is 15.6. The molecule has 1 aliphatic rings. The van der Waals surface area contributed by atoms with E-state index in [1.54, 1.807) is 18.0 Å². The zero-order chi connectivity index (χ0) is 11.0. The second-order valence-electron chi connectivity index (χ2n) is 3.51. The van der Waals surface area contributed by atoms with Crippen molar-refractivity contribution in [2.24, 2.45) is 0 Å². The number of aromatic nitrogens is 5. The molecule has 2 heterocycles. The summed E-state index contributed by atoms with van der Waals surface area (Å²) in [6, 6.07) is 0.516. The number of hydrogen-bond acceptors (Lipinski definition) is 6. The highest BCUT2D eigenvalue weighted by Gasteiger charge is 2.27. The van der Waals surface area contributed by atoms with Crippen LogP contribution < -0.4 is 0 Å². The minimum absolute atomic E-state index is 0.516. The van der Waals surface area contributed by atoms with E-state index >= 15 is 0 Å². The molecule has 0 bridgehead atoms. The summed E-state index contributed by atoms with van der Waals surface area (Å²) in [5, 5.41) is 12.6. The molecule has 5 nitrogen and oxygen atoms in total. The molecular formula is C8H8ClN5S2. The summed E-state index contributed by atoms with van der Waals surface area (Å²) < 4.78 is 2.49. The summed E-state index contributed by atoms with van der Waals surface area (Å²) >= 11 is 8.89. The Morgan fingerprint density at radius 1 is 1.56 bits per heavy atom. The Morgan fingerprint density at radius 2 is 2.44 bits per heavy atom. The monoisotopic (exact) mass is 273 g/mol. The Balaban J connectivity index is 1.67. The molecule has 2 aromatic heterocycles. The number of halogens is 1. The second-order valence-corrected chi connectivity index (χ2v) is 6.15. The number of nitrogens with zero attached hydrogens (tertiary/aromatic N) is 5. The summed E-state index contributed by atoms with van der Waals surface area (Å²) in [5.74, 6) is 0.817. The SMILES string of the molecule is Clc1ncc(CSc2nnnn2C2CC2)s1. The van der Waals surface area contributed by atoms with Crippen molar-refractivity contribution in [1.29, 1.82) is 0 Å². The number of hydrogen-bond donors (Lipinski definition) is 0. The van der Waals surface area contributed by atoms with Gasteiger partial charge in [0.25, 0.3) is 0 Å². The van der Waals surface area contributed by atoms with Gasteiger partial charge in [-0.05, 0) is 23.3 Å². The number of thiazole rings is 1. The van der Waals surface area contributed by atoms with Gasteiger partial charge in [-0.1, -0.05) is 23.4 Å². The van der Waals surface area contributed by atoms with E-state index in [0.717, 1.165) is 15.8 Å². The smallest absolute Gasteiger partial charge is 0.209 e. The first-order valence-corrected chi connectivity index (χ1v) is 7.02. The predicted octanol–water partition coefficient (Wildman–Crippen LogP) is 2.41. The Morgan fingerprint density at radius 3 is 3.12 bits per heavy atom. The maximum absolute atomic E-state index is 5.77. The standard InChI is InChI=1S/C8H8ClN5S2/c9-7-10-3-6(16-7)4-15-8-11-12-13-14(8)5-1-2-5/h3,5H,1-2,4H2. The number of rotatable bonds is 4. The molecule has 16 heavy (non-hydrogen) atoms. The average molecular weight is 274 g/mol. The predicted molar refractivity (Wildman–Crippen MR) is 62.8 cm³/mol. The Kier molecular flexibility index (Phi) is 2.82. The van der Waals surface area contributed by atoms with Gasteiger partial charge in [-0.25, -0.2) is 9.67 Å². The third-order valence-electron chi connectivity index (χ3n) is 2.22. The molecule has 1 aliphatic carbocycles. The van der Waals surface area contributed by atoms with Gasteiger partial charge in [0.2, 0.25) is 5.16 Å². The molecule has 3 rings (SSSR count). The molecule has 0 saturated heterocycles. The fourth-order valence-corrected chi connectivity index (χ4v) is 3.26. The number of thioether (sulfide) groups is 1. The molecule has 1 saturated carbocycles. The van der Waals surface area contributed by atoms with E-state index in [1.807, 2.05) is 4.68 Å². The van der Waals surface area contributed by atoms with E-state index in [1.165, 1.54) is 24.2 Å². The minimum Gasteiger partial charge on any atom is -0.233 e. The van der Waals surface area contributed by atoms with Crippen molar-refractivity contribution in [3.8, 4) is 0 Å². The van der Waals surface area contributed by atoms with E-state index in [0.29, 0.717) is 10.5 Å². The highest BCUT2D eigenvalue weighted by atomic mass is 35.5. The molecule has 84 valence electrons. The van der Waals surface area contributed by atoms with Crippen LogP contribution in [-0.4, -0.2) is 25.2 Å². The van der Waals surface area contributed by atoms with E-state index in [9.17, 15) is 0 Å². The van der Waals surface area contributed by atoms with E-state index in [-0.39, 0.29) is 0 Å². The molecule has 0 atom stereocenters. The van der Waals surface area contributed by atoms with Gasteiger partial charge in [0, 0.05) is 16.8 Å². The molecule has 0 aromatic carbocycles. The van der Waals surface area contributed by atoms with Crippen LogP contribution in [0.5, 0.6) is 0 Å². The molecule has 0 aliphatic heterocycles. The summed E-state index contributed by atoms with van der Waals surface area (Å²) in [7, 11) is 0. The van der Waals surface area contributed by atoms with Crippen LogP contribution in [0.3, 0.4) is 0 Å². The van der Waals surface area contributed by atoms with Crippen LogP contribution in [0.1, 0.15) is 23.8 Å². The van der Waals surface area contributed by atoms with Gasteiger partial charge in [-0.3, -0.25) is 0 Å². The summed E-state index contributed by atoms with van der Waals surface area (Å²) in [6.45, 7) is 0. The van der Waals surface area contributed by atoms with Crippen molar-refractivity contribution < 1.29 is 0 Å². The average Bonchev–Trinajstić information content (AvgIpc) is 2.86. The molecule has 0 radical (unpaired) electrons. The van der Waals surface area contributed by atoms with E-state index in [4.69, 9.17) is 11.6 Å². The first-order valence-electron chi connectivity index (χ1n) is 4.84. The molecule has 8 heteroatoms. The van der Waals surface area contributed by atoms with Gasteiger partial charge in [-0.15, -0.1) is 16.4 Å². The Hall–Kier alpha value is -0.660. The van der Waals surface area contributed by atoms with Gasteiger partial charge in [-0.2, -0.15) is 0 Å². The van der Waals surface area contributed by atoms with Crippen molar-refractivity contribution >= 4 is 34.7 Å². The fraction of sp³-hybridized carbons (Fsp3) is 0.500. The van der Waals surface area contributed by atoms with E-state index in [2.05, 4.69) is 20.5 Å². The highest BCUT2D eigenvalue weighted by Crippen LogP contribution is 2.37. The Labute approximate surface area is 105 Å². The maximum atomic E-state index is 5.77. The lowest BCUT2D eigenvalue weighted by Crippen LogP contribution is -1.98. The zero-order valence-corrected chi connectivity index (χ0v) is 10.6. The third-order valence-corrected chi connectivity index (χ3v) is 4.50. The molecule has 0 amide bonds. The lowest BCUT2D eigenvalue weighted by molar-refractivity contribution is 0.565. The summed E-state index contributed by atoms with van der Waals surface area (Å²) in [4.78, 5) is 5.14. The van der Waals surface area contributed by atoms with Crippen LogP contribution in [0, 0.1) is 0 Å². The van der Waals surface area contributed by atoms with Crippen LogP contribution >= 0.6 is 34.7 Å². The molecule has 0 unspecified atom stereocenters. The quantitative estimate of drug-likeness (QED) is 0.801. The van der Waals surface area contributed by atoms with Crippen molar-refractivity contribution in [2.45, 2.75) is 29.8 Å². The highest BCUT2D eigenvalue weighted by molar-refractivity contribution is 7.98. The maximum Gasteiger partial charge on any atom is 0.209 e. The summed E-state index contributed by atoms with van der Waals surface area (Å²) in [5.41, 5.74) is 0. The lowest BCUT2D eigenvalue weighted by atomic mass is 10.6. The van der Waals surface area contributed by atoms with Crippen LogP contribution in [-0.2, 0) is 5.75 Å². The van der Waals surface area contributed by atoms with Crippen molar-refractivity contribution in [1.82, 2.24) is 25.2 Å². The van der Waals surface area contributed by atoms with E-state index < -0.39 is 0 Å². The lowest BCUT2D eigenvalue weighted by Gasteiger charge is -1.99. The first-order chi connectivity index (χ1) is 7.83. The third kappa shape index (κ3) is 2.21. The Bertz CT molecular complexity index is 492. The van der Waals surface area contributed by atoms with Crippen LogP contribution in [0.2, 0.25) is 4.47 Å². The molecule has 0 spiro atoms. The van der Waals surface area contributed by atoms with Gasteiger partial charge < -0.3 is 0 Å². The topological polar surface area (TPSA) is 56.5 Å². The largest absolute Gasteiger partial charge is 0.233 e. The zero-order valence-electron chi connectivity index (χ0n) is 8.21. The second kappa shape index (κ2) is 4.31. The molecule has 1 fully saturated rings. The van der Waals surface area contributed by atoms with Crippen molar-refractivity contribution in [3.05, 3.63) is 15.5 Å². The molecule has 2 aromatic rings. The van der Waals surface area contributed by atoms with Gasteiger partial charge in [0.05, 0.1) is 6.04 Å². The van der Waals surface area contributed by atoms with Crippen LogP contribution in [0.15, 0.2) is 11.4 Å². The van der Waals surface area contributed by atoms with Gasteiger partial charge in [0.15, 0.2) is 4.47 Å². The molecular weight excluding hydrogens is 266 g/mol. The summed E-state index contributed by atoms with van der Waals surface area (Å²) in [6.07, 6.45) is 4.17. The number of tetrazole rings is 1. The van der Waals surface area contributed by atoms with Gasteiger partial charge >= 0.3 is 0 Å². The first kappa shape index (κ1) is 10.5. The van der Waals surface area contributed by atoms with Crippen LogP contribution in [0.4, 0.5) is 0 Å². The van der Waals surface area contributed by atoms with Crippen LogP contribution in [0.25, 0.3) is 0 Å².